The molecule has 0 aliphatic carbocycles. The van der Waals surface area contributed by atoms with Gasteiger partial charge in [0, 0.05) is 18.3 Å². The second-order valence-electron chi connectivity index (χ2n) is 1.86. The van der Waals surface area contributed by atoms with Gasteiger partial charge >= 0.3 is 5.97 Å². The molecule has 0 saturated heterocycles. The summed E-state index contributed by atoms with van der Waals surface area (Å²) in [6.45, 7) is 5.39. The minimum Gasteiger partial charge on any atom is -0.478 e. The van der Waals surface area contributed by atoms with E-state index in [0.717, 1.165) is 6.08 Å². The van der Waals surface area contributed by atoms with Gasteiger partial charge < -0.3 is 10.4 Å². The summed E-state index contributed by atoms with van der Waals surface area (Å²) in [7, 11) is 0. The maximum atomic E-state index is 9.92. The van der Waals surface area contributed by atoms with Crippen LogP contribution in [0.2, 0.25) is 0 Å². The predicted octanol–water partition coefficient (Wildman–Crippen LogP) is 0.749. The van der Waals surface area contributed by atoms with Crippen LogP contribution in [0, 0.1) is 0 Å². The van der Waals surface area contributed by atoms with Gasteiger partial charge in [0.2, 0.25) is 0 Å². The maximum absolute atomic E-state index is 9.92. The largest absolute Gasteiger partial charge is 0.478 e. The van der Waals surface area contributed by atoms with E-state index in [1.807, 2.05) is 6.92 Å². The molecule has 0 heterocycles. The molecule has 0 aromatic rings. The van der Waals surface area contributed by atoms with Crippen molar-refractivity contribution in [1.82, 2.24) is 5.32 Å². The predicted molar refractivity (Wildman–Crippen MR) is 39.6 cm³/mol. The number of carboxylic acid groups (broad SMARTS) is 1. The molecule has 3 nitrogen and oxygen atoms in total. The third-order valence-corrected chi connectivity index (χ3v) is 0.939. The van der Waals surface area contributed by atoms with Crippen LogP contribution in [-0.2, 0) is 4.79 Å². The lowest BCUT2D eigenvalue weighted by atomic mass is 10.3. The summed E-state index contributed by atoms with van der Waals surface area (Å²) in [5.74, 6) is -0.955. The van der Waals surface area contributed by atoms with Crippen LogP contribution < -0.4 is 5.32 Å². The molecule has 0 spiro atoms. The Kier molecular flexibility index (Phi) is 4.04. The Morgan fingerprint density at radius 1 is 1.80 bits per heavy atom. The fraction of sp³-hybridized carbons (Fsp3) is 0.286. The average molecular weight is 141 g/mol. The number of nitrogens with one attached hydrogen (secondary N) is 1. The van der Waals surface area contributed by atoms with Crippen molar-refractivity contribution in [3.05, 3.63) is 24.9 Å². The van der Waals surface area contributed by atoms with Gasteiger partial charge in [0.05, 0.1) is 0 Å². The number of carbonyl (C=O) groups is 1. The zero-order chi connectivity index (χ0) is 7.98. The maximum Gasteiger partial charge on any atom is 0.329 e. The first-order valence-corrected chi connectivity index (χ1v) is 2.95. The molecular weight excluding hydrogens is 130 g/mol. The number of aliphatic carboxylic acids is 1. The summed E-state index contributed by atoms with van der Waals surface area (Å²) in [5.41, 5.74) is 0. The van der Waals surface area contributed by atoms with Crippen LogP contribution in [0.4, 0.5) is 0 Å². The average Bonchev–Trinajstić information content (AvgIpc) is 1.87. The van der Waals surface area contributed by atoms with Crippen molar-refractivity contribution in [3.63, 3.8) is 0 Å². The smallest absolute Gasteiger partial charge is 0.329 e. The van der Waals surface area contributed by atoms with Crippen molar-refractivity contribution < 1.29 is 9.90 Å². The summed E-state index contributed by atoms with van der Waals surface area (Å²) >= 11 is 0. The van der Waals surface area contributed by atoms with Gasteiger partial charge in [-0.2, -0.15) is 0 Å². The molecule has 1 atom stereocenters. The van der Waals surface area contributed by atoms with Gasteiger partial charge in [0.25, 0.3) is 0 Å². The van der Waals surface area contributed by atoms with E-state index >= 15 is 0 Å². The highest BCUT2D eigenvalue weighted by Gasteiger charge is 1.88. The molecule has 56 valence electrons. The number of carboxylic acids is 1. The first-order chi connectivity index (χ1) is 4.66. The molecule has 0 aliphatic rings. The van der Waals surface area contributed by atoms with Gasteiger partial charge in [-0.25, -0.2) is 4.79 Å². The minimum atomic E-state index is -0.955. The van der Waals surface area contributed by atoms with Gasteiger partial charge in [-0.05, 0) is 6.92 Å². The Morgan fingerprint density at radius 2 is 2.40 bits per heavy atom. The van der Waals surface area contributed by atoms with Crippen LogP contribution in [0.25, 0.3) is 0 Å². The van der Waals surface area contributed by atoms with Crippen LogP contribution in [-0.4, -0.2) is 17.1 Å². The summed E-state index contributed by atoms with van der Waals surface area (Å²) in [6, 6.07) is 0.107. The van der Waals surface area contributed by atoms with Crippen molar-refractivity contribution in [2.75, 3.05) is 0 Å². The molecule has 2 N–H and O–H groups in total. The molecule has 10 heavy (non-hydrogen) atoms. The molecule has 1 unspecified atom stereocenters. The van der Waals surface area contributed by atoms with Crippen molar-refractivity contribution in [3.8, 4) is 0 Å². The number of hydrogen-bond donors (Lipinski definition) is 2. The first kappa shape index (κ1) is 8.75. The lowest BCUT2D eigenvalue weighted by Gasteiger charge is -2.02. The van der Waals surface area contributed by atoms with Crippen LogP contribution in [0.5, 0.6) is 0 Å². The molecule has 0 rings (SSSR count). The zero-order valence-corrected chi connectivity index (χ0v) is 5.87. The summed E-state index contributed by atoms with van der Waals surface area (Å²) in [5, 5.41) is 10.9. The molecule has 0 saturated carbocycles. The highest BCUT2D eigenvalue weighted by Crippen LogP contribution is 1.80. The summed E-state index contributed by atoms with van der Waals surface area (Å²) in [4.78, 5) is 9.92. The highest BCUT2D eigenvalue weighted by atomic mass is 16.4. The van der Waals surface area contributed by atoms with Crippen LogP contribution in [0.15, 0.2) is 24.9 Å². The first-order valence-electron chi connectivity index (χ1n) is 2.95. The minimum absolute atomic E-state index is 0.107. The Balaban J connectivity index is 3.52. The molecule has 0 aromatic carbocycles. The monoisotopic (exact) mass is 141 g/mol. The Bertz CT molecular complexity index is 152. The zero-order valence-electron chi connectivity index (χ0n) is 5.87. The van der Waals surface area contributed by atoms with Crippen molar-refractivity contribution in [2.45, 2.75) is 13.0 Å². The van der Waals surface area contributed by atoms with E-state index in [-0.39, 0.29) is 6.04 Å². The van der Waals surface area contributed by atoms with E-state index in [1.54, 1.807) is 6.08 Å². The summed E-state index contributed by atoms with van der Waals surface area (Å²) < 4.78 is 0. The van der Waals surface area contributed by atoms with Gasteiger partial charge in [0.1, 0.15) is 0 Å². The molecule has 0 fully saturated rings. The molecule has 0 amide bonds. The van der Waals surface area contributed by atoms with Crippen molar-refractivity contribution in [1.29, 1.82) is 0 Å². The van der Waals surface area contributed by atoms with E-state index in [1.165, 1.54) is 6.20 Å². The van der Waals surface area contributed by atoms with Gasteiger partial charge in [0.15, 0.2) is 0 Å². The van der Waals surface area contributed by atoms with Gasteiger partial charge in [-0.1, -0.05) is 6.08 Å². The second-order valence-corrected chi connectivity index (χ2v) is 1.86. The Hall–Kier alpha value is -1.25. The quantitative estimate of drug-likeness (QED) is 0.448. The molecule has 3 heteroatoms. The second kappa shape index (κ2) is 4.61. The van der Waals surface area contributed by atoms with Gasteiger partial charge in [-0.3, -0.25) is 0 Å². The van der Waals surface area contributed by atoms with Gasteiger partial charge in [-0.15, -0.1) is 6.58 Å². The van der Waals surface area contributed by atoms with Crippen molar-refractivity contribution in [2.24, 2.45) is 0 Å². The van der Waals surface area contributed by atoms with Crippen LogP contribution in [0.3, 0.4) is 0 Å². The summed E-state index contributed by atoms with van der Waals surface area (Å²) in [6.07, 6.45) is 4.11. The highest BCUT2D eigenvalue weighted by molar-refractivity contribution is 5.79. The molecule has 0 bridgehead atoms. The topological polar surface area (TPSA) is 49.3 Å². The van der Waals surface area contributed by atoms with E-state index in [9.17, 15) is 4.79 Å². The van der Waals surface area contributed by atoms with E-state index in [2.05, 4.69) is 11.9 Å². The Morgan fingerprint density at radius 3 is 2.80 bits per heavy atom. The number of hydrogen-bond acceptors (Lipinski definition) is 2. The third-order valence-electron chi connectivity index (χ3n) is 0.939. The molecule has 0 radical (unpaired) electrons. The van der Waals surface area contributed by atoms with E-state index in [0.29, 0.717) is 0 Å². The van der Waals surface area contributed by atoms with E-state index in [4.69, 9.17) is 5.11 Å². The fourth-order valence-corrected chi connectivity index (χ4v) is 0.339. The van der Waals surface area contributed by atoms with E-state index < -0.39 is 5.97 Å². The lowest BCUT2D eigenvalue weighted by Crippen LogP contribution is -2.17. The van der Waals surface area contributed by atoms with Crippen LogP contribution in [0.1, 0.15) is 6.92 Å². The molecular formula is C7H11NO2. The fourth-order valence-electron chi connectivity index (χ4n) is 0.339. The third kappa shape index (κ3) is 4.90. The van der Waals surface area contributed by atoms with Crippen LogP contribution >= 0.6 is 0 Å². The Labute approximate surface area is 60.1 Å². The standard InChI is InChI=1S/C7H11NO2/c1-3-6(2)8-5-4-7(9)10/h3-6,8H,1H2,2H3,(H,9,10)/b5-4+. The molecule has 0 aromatic heterocycles. The van der Waals surface area contributed by atoms with Crippen molar-refractivity contribution >= 4 is 5.97 Å². The molecule has 0 aliphatic heterocycles. The number of rotatable bonds is 4. The SMILES string of the molecule is C=CC(C)N/C=C/C(=O)O. The normalized spacial score (nSPS) is 12.9. The lowest BCUT2D eigenvalue weighted by molar-refractivity contribution is -0.131.